The van der Waals surface area contributed by atoms with Crippen LogP contribution in [0.2, 0.25) is 0 Å². The summed E-state index contributed by atoms with van der Waals surface area (Å²) in [6.45, 7) is 2.61. The van der Waals surface area contributed by atoms with Crippen molar-refractivity contribution >= 4 is 29.4 Å². The third-order valence-corrected chi connectivity index (χ3v) is 4.00. The molecule has 1 aliphatic heterocycles. The highest BCUT2D eigenvalue weighted by Gasteiger charge is 2.18. The zero-order valence-corrected chi connectivity index (χ0v) is 11.5. The monoisotopic (exact) mass is 279 g/mol. The number of hydrogen-bond donors (Lipinski definition) is 3. The van der Waals surface area contributed by atoms with Crippen LogP contribution >= 0.6 is 11.8 Å². The summed E-state index contributed by atoms with van der Waals surface area (Å²) in [7, 11) is 0. The van der Waals surface area contributed by atoms with Crippen LogP contribution in [0.25, 0.3) is 0 Å². The molecule has 1 saturated heterocycles. The molecule has 3 N–H and O–H groups in total. The molecule has 1 fully saturated rings. The fraction of sp³-hybridized carbons (Fsp3) is 0.385. The molecule has 0 radical (unpaired) electrons. The Kier molecular flexibility index (Phi) is 4.68. The fourth-order valence-corrected chi connectivity index (χ4v) is 2.69. The second kappa shape index (κ2) is 6.47. The van der Waals surface area contributed by atoms with Gasteiger partial charge in [-0.1, -0.05) is 18.2 Å². The molecule has 0 aliphatic carbocycles. The van der Waals surface area contributed by atoms with Crippen molar-refractivity contribution in [3.8, 4) is 0 Å². The Morgan fingerprint density at radius 2 is 2.26 bits per heavy atom. The number of rotatable bonds is 4. The Hall–Kier alpha value is -1.69. The predicted molar refractivity (Wildman–Crippen MR) is 77.2 cm³/mol. The van der Waals surface area contributed by atoms with Crippen LogP contribution < -0.4 is 16.0 Å². The molecule has 3 amide bonds. The zero-order valence-electron chi connectivity index (χ0n) is 10.7. The van der Waals surface area contributed by atoms with Crippen molar-refractivity contribution in [2.45, 2.75) is 18.7 Å². The summed E-state index contributed by atoms with van der Waals surface area (Å²) < 4.78 is 0. The first-order valence-corrected chi connectivity index (χ1v) is 7.21. The van der Waals surface area contributed by atoms with Gasteiger partial charge in [0.25, 0.3) is 0 Å². The molecule has 1 aromatic rings. The van der Waals surface area contributed by atoms with Crippen molar-refractivity contribution in [2.24, 2.45) is 0 Å². The maximum Gasteiger partial charge on any atom is 0.315 e. The van der Waals surface area contributed by atoms with Gasteiger partial charge < -0.3 is 16.0 Å². The number of anilines is 1. The number of para-hydroxylation sites is 1. The van der Waals surface area contributed by atoms with Crippen molar-refractivity contribution in [1.82, 2.24) is 10.6 Å². The molecule has 1 atom stereocenters. The number of aryl methyl sites for hydroxylation is 1. The van der Waals surface area contributed by atoms with Gasteiger partial charge in [0.15, 0.2) is 0 Å². The van der Waals surface area contributed by atoms with Crippen molar-refractivity contribution in [3.63, 3.8) is 0 Å². The second-order valence-electron chi connectivity index (χ2n) is 4.35. The summed E-state index contributed by atoms with van der Waals surface area (Å²) in [4.78, 5) is 22.9. The van der Waals surface area contributed by atoms with Crippen LogP contribution in [-0.2, 0) is 4.79 Å². The summed E-state index contributed by atoms with van der Waals surface area (Å²) in [6.07, 6.45) is 0.827. The minimum absolute atomic E-state index is 0.0105. The normalized spacial score (nSPS) is 18.4. The predicted octanol–water partition coefficient (Wildman–Crippen LogP) is 1.70. The lowest BCUT2D eigenvalue weighted by Gasteiger charge is -2.23. The van der Waals surface area contributed by atoms with E-state index in [1.807, 2.05) is 31.2 Å². The van der Waals surface area contributed by atoms with Crippen LogP contribution in [0, 0.1) is 6.92 Å². The zero-order chi connectivity index (χ0) is 13.7. The number of nitrogens with one attached hydrogen (secondary N) is 3. The van der Waals surface area contributed by atoms with Gasteiger partial charge in [0, 0.05) is 12.2 Å². The average molecular weight is 279 g/mol. The van der Waals surface area contributed by atoms with E-state index >= 15 is 0 Å². The van der Waals surface area contributed by atoms with Crippen molar-refractivity contribution in [3.05, 3.63) is 29.8 Å². The summed E-state index contributed by atoms with van der Waals surface area (Å²) >= 11 is 1.45. The number of hydrogen-bond acceptors (Lipinski definition) is 3. The number of amides is 3. The molecule has 5 nitrogen and oxygen atoms in total. The van der Waals surface area contributed by atoms with Crippen LogP contribution in [0.3, 0.4) is 0 Å². The van der Waals surface area contributed by atoms with Crippen molar-refractivity contribution < 1.29 is 9.59 Å². The third kappa shape index (κ3) is 4.17. The molecule has 1 heterocycles. The lowest BCUT2D eigenvalue weighted by Crippen LogP contribution is -2.48. The molecule has 102 valence electrons. The van der Waals surface area contributed by atoms with Crippen molar-refractivity contribution in [1.29, 1.82) is 0 Å². The summed E-state index contributed by atoms with van der Waals surface area (Å²) in [5, 5.41) is 8.35. The number of carbonyl (C=O) groups is 2. The first kappa shape index (κ1) is 13.7. The quantitative estimate of drug-likeness (QED) is 0.785. The van der Waals surface area contributed by atoms with Crippen LogP contribution in [0.5, 0.6) is 0 Å². The topological polar surface area (TPSA) is 70.2 Å². The number of carbonyl (C=O) groups excluding carboxylic acids is 2. The summed E-state index contributed by atoms with van der Waals surface area (Å²) in [6, 6.07) is 7.50. The minimum Gasteiger partial charge on any atom is -0.338 e. The van der Waals surface area contributed by atoms with Gasteiger partial charge in [-0.2, -0.15) is 0 Å². The number of benzene rings is 1. The molecule has 1 aromatic carbocycles. The average Bonchev–Trinajstić information content (AvgIpc) is 2.39. The molecule has 2 rings (SSSR count). The van der Waals surface area contributed by atoms with Gasteiger partial charge in [0.05, 0.1) is 11.1 Å². The largest absolute Gasteiger partial charge is 0.338 e. The molecule has 1 unspecified atom stereocenters. The Bertz CT molecular complexity index is 479. The van der Waals surface area contributed by atoms with Gasteiger partial charge in [-0.25, -0.2) is 4.79 Å². The Morgan fingerprint density at radius 3 is 3.00 bits per heavy atom. The molecule has 0 bridgehead atoms. The highest BCUT2D eigenvalue weighted by atomic mass is 32.2. The Morgan fingerprint density at radius 1 is 1.47 bits per heavy atom. The third-order valence-electron chi connectivity index (χ3n) is 2.82. The molecule has 0 aromatic heterocycles. The number of thioether (sulfide) groups is 1. The lowest BCUT2D eigenvalue weighted by atomic mass is 10.2. The lowest BCUT2D eigenvalue weighted by molar-refractivity contribution is -0.113. The van der Waals surface area contributed by atoms with Crippen LogP contribution in [0.1, 0.15) is 12.0 Å². The van der Waals surface area contributed by atoms with Crippen LogP contribution in [0.4, 0.5) is 10.5 Å². The Balaban J connectivity index is 1.78. The second-order valence-corrected chi connectivity index (χ2v) is 5.54. The molecular formula is C13H17N3O2S. The van der Waals surface area contributed by atoms with Crippen LogP contribution in [-0.4, -0.2) is 29.6 Å². The van der Waals surface area contributed by atoms with Gasteiger partial charge in [-0.15, -0.1) is 11.8 Å². The van der Waals surface area contributed by atoms with Gasteiger partial charge in [0.1, 0.15) is 0 Å². The van der Waals surface area contributed by atoms with Crippen LogP contribution in [0.15, 0.2) is 24.3 Å². The van der Waals surface area contributed by atoms with E-state index in [-0.39, 0.29) is 17.3 Å². The van der Waals surface area contributed by atoms with Gasteiger partial charge >= 0.3 is 6.03 Å². The SMILES string of the molecule is Cc1ccccc1NC(=O)CSC1CCNC(=O)N1. The van der Waals surface area contributed by atoms with E-state index in [1.165, 1.54) is 11.8 Å². The molecule has 6 heteroatoms. The highest BCUT2D eigenvalue weighted by Crippen LogP contribution is 2.16. The van der Waals surface area contributed by atoms with Gasteiger partial charge in [-0.3, -0.25) is 4.79 Å². The van der Waals surface area contributed by atoms with E-state index in [2.05, 4.69) is 16.0 Å². The van der Waals surface area contributed by atoms with Gasteiger partial charge in [-0.05, 0) is 25.0 Å². The summed E-state index contributed by atoms with van der Waals surface area (Å²) in [5.74, 6) is 0.284. The smallest absolute Gasteiger partial charge is 0.315 e. The molecule has 19 heavy (non-hydrogen) atoms. The maximum absolute atomic E-state index is 11.8. The molecule has 0 saturated carbocycles. The number of urea groups is 1. The van der Waals surface area contributed by atoms with E-state index in [0.29, 0.717) is 12.3 Å². The highest BCUT2D eigenvalue weighted by molar-refractivity contribution is 8.00. The van der Waals surface area contributed by atoms with E-state index in [9.17, 15) is 9.59 Å². The van der Waals surface area contributed by atoms with E-state index in [4.69, 9.17) is 0 Å². The van der Waals surface area contributed by atoms with E-state index in [0.717, 1.165) is 17.7 Å². The van der Waals surface area contributed by atoms with Gasteiger partial charge in [0.2, 0.25) is 5.91 Å². The molecule has 1 aliphatic rings. The first-order valence-electron chi connectivity index (χ1n) is 6.16. The molecule has 0 spiro atoms. The maximum atomic E-state index is 11.8. The summed E-state index contributed by atoms with van der Waals surface area (Å²) in [5.41, 5.74) is 1.87. The molecular weight excluding hydrogens is 262 g/mol. The van der Waals surface area contributed by atoms with E-state index < -0.39 is 0 Å². The minimum atomic E-state index is -0.164. The first-order chi connectivity index (χ1) is 9.15. The van der Waals surface area contributed by atoms with E-state index in [1.54, 1.807) is 0 Å². The fourth-order valence-electron chi connectivity index (χ4n) is 1.79. The van der Waals surface area contributed by atoms with Crippen molar-refractivity contribution in [2.75, 3.05) is 17.6 Å². The standard InChI is InChI=1S/C13H17N3O2S/c1-9-4-2-3-5-10(9)15-11(17)8-19-12-6-7-14-13(18)16-12/h2-5,12H,6-8H2,1H3,(H,15,17)(H2,14,16,18). The Labute approximate surface area is 116 Å².